The topological polar surface area (TPSA) is 45.5 Å². The first-order chi connectivity index (χ1) is 9.08. The Labute approximate surface area is 113 Å². The minimum Gasteiger partial charge on any atom is -0.467 e. The largest absolute Gasteiger partial charge is 0.467 e. The summed E-state index contributed by atoms with van der Waals surface area (Å²) < 4.78 is 5.34. The second-order valence-electron chi connectivity index (χ2n) is 4.66. The average Bonchev–Trinajstić information content (AvgIpc) is 2.92. The van der Waals surface area contributed by atoms with Crippen molar-refractivity contribution in [1.82, 2.24) is 4.90 Å². The number of benzene rings is 1. The number of carbonyl (C=O) groups excluding carboxylic acids is 1. The van der Waals surface area contributed by atoms with Crippen LogP contribution in [-0.4, -0.2) is 24.9 Å². The number of hydrogen-bond acceptors (Lipinski definition) is 3. The molecule has 4 nitrogen and oxygen atoms in total. The molecule has 1 N–H and O–H groups in total. The maximum atomic E-state index is 11.8. The highest BCUT2D eigenvalue weighted by Crippen LogP contribution is 2.20. The summed E-state index contributed by atoms with van der Waals surface area (Å²) in [4.78, 5) is 13.3. The van der Waals surface area contributed by atoms with E-state index < -0.39 is 0 Å². The van der Waals surface area contributed by atoms with Gasteiger partial charge in [-0.1, -0.05) is 0 Å². The molecule has 1 unspecified atom stereocenters. The Bertz CT molecular complexity index is 530. The number of rotatable bonds is 4. The summed E-state index contributed by atoms with van der Waals surface area (Å²) in [6.07, 6.45) is 1.66. The maximum Gasteiger partial charge on any atom is 0.253 e. The standard InChI is InChI=1S/C15H18N2O2/c1-11(14-5-4-10-19-14)16-13-8-6-12(7-9-13)15(18)17(2)3/h4-11,16H,1-3H3. The third-order valence-corrected chi connectivity index (χ3v) is 2.89. The predicted octanol–water partition coefficient (Wildman–Crippen LogP) is 3.15. The molecule has 0 aliphatic rings. The van der Waals surface area contributed by atoms with E-state index >= 15 is 0 Å². The Hall–Kier alpha value is -2.23. The Kier molecular flexibility index (Phi) is 3.90. The van der Waals surface area contributed by atoms with Crippen molar-refractivity contribution in [3.05, 3.63) is 54.0 Å². The lowest BCUT2D eigenvalue weighted by Gasteiger charge is -2.14. The Morgan fingerprint density at radius 1 is 1.21 bits per heavy atom. The fourth-order valence-electron chi connectivity index (χ4n) is 1.83. The molecule has 0 saturated heterocycles. The summed E-state index contributed by atoms with van der Waals surface area (Å²) in [7, 11) is 3.49. The first kappa shape index (κ1) is 13.2. The molecule has 19 heavy (non-hydrogen) atoms. The molecule has 100 valence electrons. The summed E-state index contributed by atoms with van der Waals surface area (Å²) in [6, 6.07) is 11.3. The zero-order chi connectivity index (χ0) is 13.8. The highest BCUT2D eigenvalue weighted by atomic mass is 16.3. The van der Waals surface area contributed by atoms with Crippen molar-refractivity contribution in [2.24, 2.45) is 0 Å². The molecule has 0 aliphatic heterocycles. The molecule has 0 saturated carbocycles. The number of nitrogens with zero attached hydrogens (tertiary/aromatic N) is 1. The molecule has 1 atom stereocenters. The van der Waals surface area contributed by atoms with Crippen molar-refractivity contribution in [2.75, 3.05) is 19.4 Å². The minimum atomic E-state index is 0.00522. The van der Waals surface area contributed by atoms with Gasteiger partial charge in [0.05, 0.1) is 12.3 Å². The number of anilines is 1. The fraction of sp³-hybridized carbons (Fsp3) is 0.267. The van der Waals surface area contributed by atoms with Gasteiger partial charge in [0, 0.05) is 25.3 Å². The summed E-state index contributed by atoms with van der Waals surface area (Å²) in [5.41, 5.74) is 1.64. The van der Waals surface area contributed by atoms with Crippen LogP contribution in [0.5, 0.6) is 0 Å². The zero-order valence-electron chi connectivity index (χ0n) is 11.4. The molecular weight excluding hydrogens is 240 g/mol. The van der Waals surface area contributed by atoms with Gasteiger partial charge < -0.3 is 14.6 Å². The molecular formula is C15H18N2O2. The summed E-state index contributed by atoms with van der Waals surface area (Å²) in [6.45, 7) is 2.03. The van der Waals surface area contributed by atoms with Crippen molar-refractivity contribution in [3.8, 4) is 0 Å². The summed E-state index contributed by atoms with van der Waals surface area (Å²) in [5.74, 6) is 0.888. The normalized spacial score (nSPS) is 11.9. The van der Waals surface area contributed by atoms with Gasteiger partial charge in [-0.25, -0.2) is 0 Å². The predicted molar refractivity (Wildman–Crippen MR) is 75.2 cm³/mol. The van der Waals surface area contributed by atoms with E-state index in [-0.39, 0.29) is 11.9 Å². The number of furan rings is 1. The van der Waals surface area contributed by atoms with Crippen LogP contribution in [0.4, 0.5) is 5.69 Å². The van der Waals surface area contributed by atoms with Crippen LogP contribution in [0.15, 0.2) is 47.1 Å². The molecule has 1 aromatic heterocycles. The third-order valence-electron chi connectivity index (χ3n) is 2.89. The van der Waals surface area contributed by atoms with Gasteiger partial charge >= 0.3 is 0 Å². The van der Waals surface area contributed by atoms with E-state index in [1.165, 1.54) is 0 Å². The van der Waals surface area contributed by atoms with Crippen molar-refractivity contribution in [3.63, 3.8) is 0 Å². The van der Waals surface area contributed by atoms with Gasteiger partial charge in [-0.05, 0) is 43.3 Å². The summed E-state index contributed by atoms with van der Waals surface area (Å²) >= 11 is 0. The Morgan fingerprint density at radius 3 is 2.42 bits per heavy atom. The molecule has 2 aromatic rings. The molecule has 4 heteroatoms. The van der Waals surface area contributed by atoms with Crippen molar-refractivity contribution in [2.45, 2.75) is 13.0 Å². The number of amides is 1. The van der Waals surface area contributed by atoms with Crippen molar-refractivity contribution in [1.29, 1.82) is 0 Å². The lowest BCUT2D eigenvalue weighted by molar-refractivity contribution is 0.0827. The van der Waals surface area contributed by atoms with Gasteiger partial charge in [-0.2, -0.15) is 0 Å². The second-order valence-corrected chi connectivity index (χ2v) is 4.66. The van der Waals surface area contributed by atoms with Gasteiger partial charge in [0.2, 0.25) is 0 Å². The monoisotopic (exact) mass is 258 g/mol. The quantitative estimate of drug-likeness (QED) is 0.916. The van der Waals surface area contributed by atoms with Crippen LogP contribution in [0.25, 0.3) is 0 Å². The number of carbonyl (C=O) groups is 1. The van der Waals surface area contributed by atoms with Crippen LogP contribution in [0.3, 0.4) is 0 Å². The molecule has 0 bridgehead atoms. The van der Waals surface area contributed by atoms with E-state index in [1.807, 2.05) is 43.3 Å². The molecule has 0 spiro atoms. The van der Waals surface area contributed by atoms with E-state index in [9.17, 15) is 4.79 Å². The molecule has 2 rings (SSSR count). The lowest BCUT2D eigenvalue weighted by Crippen LogP contribution is -2.21. The van der Waals surface area contributed by atoms with Gasteiger partial charge in [0.25, 0.3) is 5.91 Å². The van der Waals surface area contributed by atoms with E-state index in [1.54, 1.807) is 25.3 Å². The third kappa shape index (κ3) is 3.16. The first-order valence-corrected chi connectivity index (χ1v) is 6.19. The second kappa shape index (κ2) is 5.61. The summed E-state index contributed by atoms with van der Waals surface area (Å²) in [5, 5.41) is 3.32. The van der Waals surface area contributed by atoms with Gasteiger partial charge in [0.1, 0.15) is 5.76 Å². The van der Waals surface area contributed by atoms with E-state index in [0.717, 1.165) is 11.4 Å². The maximum absolute atomic E-state index is 11.8. The van der Waals surface area contributed by atoms with Crippen LogP contribution >= 0.6 is 0 Å². The number of hydrogen-bond donors (Lipinski definition) is 1. The molecule has 0 fully saturated rings. The SMILES string of the molecule is CC(Nc1ccc(C(=O)N(C)C)cc1)c1ccco1. The smallest absolute Gasteiger partial charge is 0.253 e. The van der Waals surface area contributed by atoms with E-state index in [4.69, 9.17) is 4.42 Å². The van der Waals surface area contributed by atoms with E-state index in [0.29, 0.717) is 5.56 Å². The fourth-order valence-corrected chi connectivity index (χ4v) is 1.83. The molecule has 0 radical (unpaired) electrons. The van der Waals surface area contributed by atoms with Crippen LogP contribution in [0.1, 0.15) is 29.1 Å². The van der Waals surface area contributed by atoms with Crippen LogP contribution in [-0.2, 0) is 0 Å². The van der Waals surface area contributed by atoms with Crippen molar-refractivity contribution >= 4 is 11.6 Å². The molecule has 0 aliphatic carbocycles. The lowest BCUT2D eigenvalue weighted by atomic mass is 10.1. The van der Waals surface area contributed by atoms with Gasteiger partial charge in [-0.15, -0.1) is 0 Å². The van der Waals surface area contributed by atoms with Crippen LogP contribution < -0.4 is 5.32 Å². The van der Waals surface area contributed by atoms with Crippen LogP contribution in [0, 0.1) is 0 Å². The minimum absolute atomic E-state index is 0.00522. The molecule has 1 heterocycles. The Balaban J connectivity index is 2.05. The van der Waals surface area contributed by atoms with Crippen LogP contribution in [0.2, 0.25) is 0 Å². The zero-order valence-corrected chi connectivity index (χ0v) is 11.4. The van der Waals surface area contributed by atoms with Gasteiger partial charge in [-0.3, -0.25) is 4.79 Å². The average molecular weight is 258 g/mol. The molecule has 1 aromatic carbocycles. The van der Waals surface area contributed by atoms with Crippen molar-refractivity contribution < 1.29 is 9.21 Å². The number of nitrogens with one attached hydrogen (secondary N) is 1. The highest BCUT2D eigenvalue weighted by Gasteiger charge is 2.10. The van der Waals surface area contributed by atoms with E-state index in [2.05, 4.69) is 5.32 Å². The molecule has 1 amide bonds. The first-order valence-electron chi connectivity index (χ1n) is 6.19. The Morgan fingerprint density at radius 2 is 1.89 bits per heavy atom. The highest BCUT2D eigenvalue weighted by molar-refractivity contribution is 5.94. The van der Waals surface area contributed by atoms with Gasteiger partial charge in [0.15, 0.2) is 0 Å².